The Morgan fingerprint density at radius 2 is 1.87 bits per heavy atom. The van der Waals surface area contributed by atoms with Crippen LogP contribution in [0, 0.1) is 23.7 Å². The lowest BCUT2D eigenvalue weighted by atomic mass is 10.0. The minimum atomic E-state index is 0.210. The average Bonchev–Trinajstić information content (AvgIpc) is 3.05. The summed E-state index contributed by atoms with van der Waals surface area (Å²) >= 11 is 0. The molecule has 0 bridgehead atoms. The maximum atomic E-state index is 10.3. The van der Waals surface area contributed by atoms with E-state index in [-0.39, 0.29) is 11.4 Å². The van der Waals surface area contributed by atoms with E-state index in [0.717, 1.165) is 44.3 Å². The monoisotopic (exact) mass is 405 g/mol. The van der Waals surface area contributed by atoms with Crippen LogP contribution in [0.15, 0.2) is 66.9 Å². The molecule has 0 atom stereocenters. The highest BCUT2D eigenvalue weighted by Gasteiger charge is 2.17. The molecule has 5 aromatic rings. The molecule has 31 heavy (non-hydrogen) atoms. The standard InChI is InChI=1S/C25H19N5O/c1-15-7-8-16(13-26)11-21(15)30-24-19-12-17(18-5-3-4-6-23(18)31)9-10-20(19)28-14-22(24)29(2)25(30)27/h3-12,14,27,31H,1-2H3. The largest absolute Gasteiger partial charge is 0.507 e. The van der Waals surface area contributed by atoms with E-state index in [0.29, 0.717) is 5.56 Å². The Hall–Kier alpha value is -4.37. The van der Waals surface area contributed by atoms with Crippen molar-refractivity contribution in [2.24, 2.45) is 7.05 Å². The molecule has 3 aromatic carbocycles. The maximum Gasteiger partial charge on any atom is 0.207 e. The number of benzene rings is 3. The molecule has 2 heterocycles. The minimum absolute atomic E-state index is 0.210. The molecule has 0 saturated carbocycles. The normalized spacial score (nSPS) is 11.1. The smallest absolute Gasteiger partial charge is 0.207 e. The molecule has 0 saturated heterocycles. The van der Waals surface area contributed by atoms with Crippen molar-refractivity contribution in [3.05, 3.63) is 83.6 Å². The zero-order valence-electron chi connectivity index (χ0n) is 17.1. The van der Waals surface area contributed by atoms with Crippen LogP contribution in [-0.4, -0.2) is 19.2 Å². The number of hydrogen-bond acceptors (Lipinski definition) is 4. The third-order valence-corrected chi connectivity index (χ3v) is 5.73. The third kappa shape index (κ3) is 2.79. The molecule has 150 valence electrons. The van der Waals surface area contributed by atoms with E-state index < -0.39 is 0 Å². The Kier molecular flexibility index (Phi) is 4.12. The van der Waals surface area contributed by atoms with Gasteiger partial charge >= 0.3 is 0 Å². The van der Waals surface area contributed by atoms with Crippen molar-refractivity contribution in [1.29, 1.82) is 10.7 Å². The van der Waals surface area contributed by atoms with E-state index in [4.69, 9.17) is 5.41 Å². The van der Waals surface area contributed by atoms with Crippen LogP contribution in [0.5, 0.6) is 5.75 Å². The number of hydrogen-bond donors (Lipinski definition) is 2. The van der Waals surface area contributed by atoms with Crippen LogP contribution in [0.3, 0.4) is 0 Å². The first-order valence-electron chi connectivity index (χ1n) is 9.84. The summed E-state index contributed by atoms with van der Waals surface area (Å²) in [5.74, 6) is 0.210. The van der Waals surface area contributed by atoms with Gasteiger partial charge in [0, 0.05) is 18.0 Å². The van der Waals surface area contributed by atoms with Crippen molar-refractivity contribution < 1.29 is 5.11 Å². The highest BCUT2D eigenvalue weighted by Crippen LogP contribution is 2.33. The van der Waals surface area contributed by atoms with Crippen molar-refractivity contribution in [1.82, 2.24) is 14.1 Å². The lowest BCUT2D eigenvalue weighted by molar-refractivity contribution is 0.477. The molecule has 0 aliphatic heterocycles. The second-order valence-corrected chi connectivity index (χ2v) is 7.57. The van der Waals surface area contributed by atoms with Crippen molar-refractivity contribution in [3.8, 4) is 28.6 Å². The SMILES string of the molecule is Cc1ccc(C#N)cc1-n1c(=N)n(C)c2cnc3ccc(-c4ccccc4O)cc3c21. The van der Waals surface area contributed by atoms with E-state index in [9.17, 15) is 10.4 Å². The summed E-state index contributed by atoms with van der Waals surface area (Å²) in [6.07, 6.45) is 1.77. The summed E-state index contributed by atoms with van der Waals surface area (Å²) in [5, 5.41) is 29.4. The van der Waals surface area contributed by atoms with Gasteiger partial charge in [0.05, 0.1) is 40.1 Å². The molecule has 6 nitrogen and oxygen atoms in total. The molecule has 5 rings (SSSR count). The third-order valence-electron chi connectivity index (χ3n) is 5.73. The summed E-state index contributed by atoms with van der Waals surface area (Å²) in [5.41, 5.74) is 6.62. The number of fused-ring (bicyclic) bond motifs is 3. The van der Waals surface area contributed by atoms with Gasteiger partial charge in [-0.05, 0) is 48.4 Å². The van der Waals surface area contributed by atoms with Gasteiger partial charge in [-0.3, -0.25) is 15.0 Å². The number of nitrogens with zero attached hydrogens (tertiary/aromatic N) is 4. The van der Waals surface area contributed by atoms with Crippen LogP contribution in [0.1, 0.15) is 11.1 Å². The first-order chi connectivity index (χ1) is 15.0. The van der Waals surface area contributed by atoms with Crippen LogP contribution in [0.2, 0.25) is 0 Å². The fraction of sp³-hybridized carbons (Fsp3) is 0.0800. The van der Waals surface area contributed by atoms with Gasteiger partial charge in [0.1, 0.15) is 5.75 Å². The van der Waals surface area contributed by atoms with Gasteiger partial charge in [-0.1, -0.05) is 30.3 Å². The second kappa shape index (κ2) is 6.85. The lowest BCUT2D eigenvalue weighted by Gasteiger charge is -2.11. The molecule has 0 aliphatic rings. The van der Waals surface area contributed by atoms with Crippen LogP contribution in [0.25, 0.3) is 38.8 Å². The van der Waals surface area contributed by atoms with E-state index in [1.807, 2.05) is 61.0 Å². The number of aryl methyl sites for hydroxylation is 2. The molecule has 0 radical (unpaired) electrons. The molecule has 2 aromatic heterocycles. The first-order valence-corrected chi connectivity index (χ1v) is 9.84. The summed E-state index contributed by atoms with van der Waals surface area (Å²) in [6.45, 7) is 1.97. The highest BCUT2D eigenvalue weighted by molar-refractivity contribution is 6.04. The maximum absolute atomic E-state index is 10.3. The summed E-state index contributed by atoms with van der Waals surface area (Å²) in [7, 11) is 1.84. The molecule has 0 spiro atoms. The van der Waals surface area contributed by atoms with E-state index in [1.54, 1.807) is 29.0 Å². The number of imidazole rings is 1. The number of para-hydroxylation sites is 1. The zero-order valence-corrected chi connectivity index (χ0v) is 17.1. The summed E-state index contributed by atoms with van der Waals surface area (Å²) < 4.78 is 3.65. The number of rotatable bonds is 2. The highest BCUT2D eigenvalue weighted by atomic mass is 16.3. The topological polar surface area (TPSA) is 90.6 Å². The Labute approximate surface area is 178 Å². The van der Waals surface area contributed by atoms with Crippen LogP contribution < -0.4 is 5.62 Å². The number of pyridine rings is 1. The molecule has 2 N–H and O–H groups in total. The van der Waals surface area contributed by atoms with Crippen molar-refractivity contribution in [2.75, 3.05) is 0 Å². The number of phenols is 1. The van der Waals surface area contributed by atoms with Gasteiger partial charge in [-0.2, -0.15) is 5.26 Å². The van der Waals surface area contributed by atoms with Gasteiger partial charge < -0.3 is 9.67 Å². The van der Waals surface area contributed by atoms with Gasteiger partial charge in [-0.25, -0.2) is 0 Å². The van der Waals surface area contributed by atoms with Crippen LogP contribution >= 0.6 is 0 Å². The molecular formula is C25H19N5O. The van der Waals surface area contributed by atoms with Crippen LogP contribution in [0.4, 0.5) is 0 Å². The molecule has 0 unspecified atom stereocenters. The van der Waals surface area contributed by atoms with Gasteiger partial charge in [0.15, 0.2) is 0 Å². The Balaban J connectivity index is 1.92. The van der Waals surface area contributed by atoms with Crippen LogP contribution in [-0.2, 0) is 7.05 Å². The van der Waals surface area contributed by atoms with E-state index in [2.05, 4.69) is 11.1 Å². The molecule has 0 fully saturated rings. The number of aromatic hydroxyl groups is 1. The molecule has 0 amide bonds. The fourth-order valence-electron chi connectivity index (χ4n) is 4.06. The van der Waals surface area contributed by atoms with Crippen molar-refractivity contribution >= 4 is 21.9 Å². The molecule has 6 heteroatoms. The number of phenolic OH excluding ortho intramolecular Hbond substituents is 1. The van der Waals surface area contributed by atoms with Gasteiger partial charge in [-0.15, -0.1) is 0 Å². The Morgan fingerprint density at radius 1 is 1.06 bits per heavy atom. The predicted molar refractivity (Wildman–Crippen MR) is 120 cm³/mol. The first kappa shape index (κ1) is 18.6. The fourth-order valence-corrected chi connectivity index (χ4v) is 4.06. The summed E-state index contributed by atoms with van der Waals surface area (Å²) in [4.78, 5) is 4.60. The van der Waals surface area contributed by atoms with Crippen molar-refractivity contribution in [2.45, 2.75) is 6.92 Å². The lowest BCUT2D eigenvalue weighted by Crippen LogP contribution is -2.21. The zero-order chi connectivity index (χ0) is 21.7. The molecule has 0 aliphatic carbocycles. The van der Waals surface area contributed by atoms with Gasteiger partial charge in [0.2, 0.25) is 5.62 Å². The number of nitrogens with one attached hydrogen (secondary N) is 1. The van der Waals surface area contributed by atoms with E-state index in [1.165, 1.54) is 0 Å². The van der Waals surface area contributed by atoms with E-state index >= 15 is 0 Å². The van der Waals surface area contributed by atoms with Gasteiger partial charge in [0.25, 0.3) is 0 Å². The quantitative estimate of drug-likeness (QED) is 0.451. The minimum Gasteiger partial charge on any atom is -0.507 e. The molecular weight excluding hydrogens is 386 g/mol. The summed E-state index contributed by atoms with van der Waals surface area (Å²) in [6, 6.07) is 20.8. The predicted octanol–water partition coefficient (Wildman–Crippen LogP) is 4.55. The van der Waals surface area contributed by atoms with Crippen molar-refractivity contribution in [3.63, 3.8) is 0 Å². The number of aromatic nitrogens is 3. The number of nitriles is 1. The Morgan fingerprint density at radius 3 is 2.65 bits per heavy atom. The second-order valence-electron chi connectivity index (χ2n) is 7.57. The Bertz CT molecular complexity index is 1600. The average molecular weight is 405 g/mol.